The van der Waals surface area contributed by atoms with E-state index in [2.05, 4.69) is 0 Å². The van der Waals surface area contributed by atoms with Gasteiger partial charge in [0.2, 0.25) is 0 Å². The van der Waals surface area contributed by atoms with Crippen LogP contribution in [-0.2, 0) is 4.79 Å². The van der Waals surface area contributed by atoms with Crippen LogP contribution in [0.4, 0.5) is 4.39 Å². The molecule has 0 aliphatic carbocycles. The van der Waals surface area contributed by atoms with Crippen molar-refractivity contribution >= 4 is 12.0 Å². The number of aliphatic carboxylic acids is 1. The van der Waals surface area contributed by atoms with Crippen molar-refractivity contribution in [2.24, 2.45) is 0 Å². The standard InChI is InChI=1S/C11H11FO2/c1-7-4-3-5-9(10(7)12)6-8(2)11(13)14/h3-6H,1-2H3,(H,13,14)/b8-6-. The van der Waals surface area contributed by atoms with E-state index in [-0.39, 0.29) is 11.4 Å². The number of benzene rings is 1. The van der Waals surface area contributed by atoms with Crippen LogP contribution in [0.2, 0.25) is 0 Å². The molecule has 14 heavy (non-hydrogen) atoms. The number of hydrogen-bond donors (Lipinski definition) is 1. The van der Waals surface area contributed by atoms with Crippen molar-refractivity contribution in [3.63, 3.8) is 0 Å². The van der Waals surface area contributed by atoms with Crippen LogP contribution in [0.3, 0.4) is 0 Å². The van der Waals surface area contributed by atoms with Crippen molar-refractivity contribution in [2.75, 3.05) is 0 Å². The van der Waals surface area contributed by atoms with E-state index in [0.717, 1.165) is 0 Å². The minimum atomic E-state index is -1.04. The number of carboxylic acids is 1. The molecule has 0 amide bonds. The molecule has 1 rings (SSSR count). The third-order valence-electron chi connectivity index (χ3n) is 1.93. The zero-order valence-electron chi connectivity index (χ0n) is 8.04. The highest BCUT2D eigenvalue weighted by atomic mass is 19.1. The van der Waals surface area contributed by atoms with Crippen molar-refractivity contribution in [2.45, 2.75) is 13.8 Å². The highest BCUT2D eigenvalue weighted by Crippen LogP contribution is 2.15. The summed E-state index contributed by atoms with van der Waals surface area (Å²) in [6, 6.07) is 4.89. The van der Waals surface area contributed by atoms with E-state index >= 15 is 0 Å². The van der Waals surface area contributed by atoms with Crippen molar-refractivity contribution in [3.05, 3.63) is 40.7 Å². The molecule has 0 unspecified atom stereocenters. The molecule has 3 heteroatoms. The second-order valence-corrected chi connectivity index (χ2v) is 3.11. The largest absolute Gasteiger partial charge is 0.478 e. The fourth-order valence-electron chi connectivity index (χ4n) is 1.08. The van der Waals surface area contributed by atoms with Crippen molar-refractivity contribution in [1.82, 2.24) is 0 Å². The SMILES string of the molecule is C/C(=C/c1cccc(C)c1F)C(=O)O. The smallest absolute Gasteiger partial charge is 0.331 e. The van der Waals surface area contributed by atoms with Gasteiger partial charge in [-0.1, -0.05) is 18.2 Å². The molecular formula is C11H11FO2. The highest BCUT2D eigenvalue weighted by Gasteiger charge is 2.05. The first-order chi connectivity index (χ1) is 6.52. The first-order valence-corrected chi connectivity index (χ1v) is 4.19. The van der Waals surface area contributed by atoms with Crippen LogP contribution in [0.1, 0.15) is 18.1 Å². The van der Waals surface area contributed by atoms with Gasteiger partial charge in [0.05, 0.1) is 0 Å². The van der Waals surface area contributed by atoms with Gasteiger partial charge in [-0.25, -0.2) is 9.18 Å². The summed E-state index contributed by atoms with van der Waals surface area (Å²) in [6.45, 7) is 3.08. The van der Waals surface area contributed by atoms with Crippen LogP contribution in [0.15, 0.2) is 23.8 Å². The monoisotopic (exact) mass is 194 g/mol. The lowest BCUT2D eigenvalue weighted by molar-refractivity contribution is -0.132. The molecule has 1 aromatic rings. The third kappa shape index (κ3) is 2.19. The maximum Gasteiger partial charge on any atom is 0.331 e. The second-order valence-electron chi connectivity index (χ2n) is 3.11. The maximum atomic E-state index is 13.4. The van der Waals surface area contributed by atoms with Crippen LogP contribution >= 0.6 is 0 Å². The Bertz CT molecular complexity index is 394. The lowest BCUT2D eigenvalue weighted by atomic mass is 10.1. The molecule has 0 aliphatic heterocycles. The van der Waals surface area contributed by atoms with Crippen molar-refractivity contribution < 1.29 is 14.3 Å². The number of hydrogen-bond acceptors (Lipinski definition) is 1. The Morgan fingerprint density at radius 2 is 2.14 bits per heavy atom. The number of aryl methyl sites for hydroxylation is 1. The first-order valence-electron chi connectivity index (χ1n) is 4.19. The Morgan fingerprint density at radius 1 is 1.50 bits per heavy atom. The van der Waals surface area contributed by atoms with Gasteiger partial charge in [0.25, 0.3) is 0 Å². The summed E-state index contributed by atoms with van der Waals surface area (Å²) in [7, 11) is 0. The predicted octanol–water partition coefficient (Wildman–Crippen LogP) is 2.62. The zero-order valence-corrected chi connectivity index (χ0v) is 8.04. The Labute approximate surface area is 81.7 Å². The third-order valence-corrected chi connectivity index (χ3v) is 1.93. The van der Waals surface area contributed by atoms with E-state index in [1.807, 2.05) is 0 Å². The molecule has 0 spiro atoms. The molecule has 0 saturated heterocycles. The summed E-state index contributed by atoms with van der Waals surface area (Å²) >= 11 is 0. The van der Waals surface area contributed by atoms with Crippen molar-refractivity contribution in [1.29, 1.82) is 0 Å². The van der Waals surface area contributed by atoms with E-state index in [4.69, 9.17) is 5.11 Å². The molecule has 0 aliphatic rings. The normalized spacial score (nSPS) is 11.5. The summed E-state index contributed by atoms with van der Waals surface area (Å²) in [5.74, 6) is -1.40. The van der Waals surface area contributed by atoms with Crippen LogP contribution < -0.4 is 0 Å². The number of carboxylic acid groups (broad SMARTS) is 1. The quantitative estimate of drug-likeness (QED) is 0.735. The molecule has 0 bridgehead atoms. The van der Waals surface area contributed by atoms with Gasteiger partial charge in [-0.15, -0.1) is 0 Å². The van der Waals surface area contributed by atoms with Crippen LogP contribution in [0.25, 0.3) is 6.08 Å². The molecule has 0 atom stereocenters. The fourth-order valence-corrected chi connectivity index (χ4v) is 1.08. The summed E-state index contributed by atoms with van der Waals surface area (Å²) in [4.78, 5) is 10.5. The average Bonchev–Trinajstić information content (AvgIpc) is 2.12. The topological polar surface area (TPSA) is 37.3 Å². The average molecular weight is 194 g/mol. The Kier molecular flexibility index (Phi) is 3.02. The summed E-state index contributed by atoms with van der Waals surface area (Å²) in [5, 5.41) is 8.61. The van der Waals surface area contributed by atoms with Crippen LogP contribution in [0, 0.1) is 12.7 Å². The molecule has 0 fully saturated rings. The molecule has 0 saturated carbocycles. The highest BCUT2D eigenvalue weighted by molar-refractivity contribution is 5.91. The first kappa shape index (κ1) is 10.4. The van der Waals surface area contributed by atoms with Gasteiger partial charge in [0.15, 0.2) is 0 Å². The van der Waals surface area contributed by atoms with Gasteiger partial charge < -0.3 is 5.11 Å². The van der Waals surface area contributed by atoms with Gasteiger partial charge >= 0.3 is 5.97 Å². The number of rotatable bonds is 2. The van der Waals surface area contributed by atoms with Crippen LogP contribution in [-0.4, -0.2) is 11.1 Å². The summed E-state index contributed by atoms with van der Waals surface area (Å²) < 4.78 is 13.4. The van der Waals surface area contributed by atoms with Gasteiger partial charge in [-0.2, -0.15) is 0 Å². The maximum absolute atomic E-state index is 13.4. The Balaban J connectivity index is 3.15. The van der Waals surface area contributed by atoms with Gasteiger partial charge in [0.1, 0.15) is 5.82 Å². The molecule has 0 aromatic heterocycles. The number of carbonyl (C=O) groups is 1. The molecular weight excluding hydrogens is 183 g/mol. The summed E-state index contributed by atoms with van der Waals surface area (Å²) in [6.07, 6.45) is 1.32. The van der Waals surface area contributed by atoms with E-state index in [9.17, 15) is 9.18 Å². The minimum Gasteiger partial charge on any atom is -0.478 e. The van der Waals surface area contributed by atoms with Crippen LogP contribution in [0.5, 0.6) is 0 Å². The van der Waals surface area contributed by atoms with E-state index in [1.165, 1.54) is 13.0 Å². The second kappa shape index (κ2) is 4.05. The molecule has 1 aromatic carbocycles. The lowest BCUT2D eigenvalue weighted by Gasteiger charge is -2.00. The Morgan fingerprint density at radius 3 is 2.71 bits per heavy atom. The molecule has 0 radical (unpaired) electrons. The Hall–Kier alpha value is -1.64. The number of halogens is 1. The van der Waals surface area contributed by atoms with Gasteiger partial charge in [-0.3, -0.25) is 0 Å². The van der Waals surface area contributed by atoms with E-state index in [1.54, 1.807) is 25.1 Å². The summed E-state index contributed by atoms with van der Waals surface area (Å²) in [5.41, 5.74) is 0.941. The molecule has 1 N–H and O–H groups in total. The molecule has 2 nitrogen and oxygen atoms in total. The van der Waals surface area contributed by atoms with E-state index in [0.29, 0.717) is 11.1 Å². The molecule has 0 heterocycles. The fraction of sp³-hybridized carbons (Fsp3) is 0.182. The molecule has 74 valence electrons. The minimum absolute atomic E-state index is 0.120. The lowest BCUT2D eigenvalue weighted by Crippen LogP contribution is -1.96. The van der Waals surface area contributed by atoms with E-state index < -0.39 is 5.97 Å². The van der Waals surface area contributed by atoms with Crippen molar-refractivity contribution in [3.8, 4) is 0 Å². The van der Waals surface area contributed by atoms with Gasteiger partial charge in [-0.05, 0) is 25.5 Å². The van der Waals surface area contributed by atoms with Gasteiger partial charge in [0, 0.05) is 11.1 Å². The zero-order chi connectivity index (χ0) is 10.7. The predicted molar refractivity (Wildman–Crippen MR) is 52.4 cm³/mol.